The van der Waals surface area contributed by atoms with Crippen molar-refractivity contribution in [3.05, 3.63) is 29.8 Å². The van der Waals surface area contributed by atoms with Crippen LogP contribution in [0.1, 0.15) is 12.5 Å². The smallest absolute Gasteiger partial charge is 0.0317 e. The molecule has 0 aromatic heterocycles. The summed E-state index contributed by atoms with van der Waals surface area (Å²) in [7, 11) is 4.34. The van der Waals surface area contributed by atoms with Gasteiger partial charge in [0.05, 0.1) is 0 Å². The molecule has 1 aromatic carbocycles. The molecule has 2 atom stereocenters. The molecule has 94 valence electrons. The maximum absolute atomic E-state index is 5.81. The molecule has 0 amide bonds. The van der Waals surface area contributed by atoms with Crippen LogP contribution in [0.2, 0.25) is 0 Å². The Hall–Kier alpha value is -1.06. The normalized spacial score (nSPS) is 25.6. The van der Waals surface area contributed by atoms with Gasteiger partial charge in [0.2, 0.25) is 0 Å². The molecule has 3 heteroatoms. The standard InChI is InChI=1S/C14H23N3/c1-11-8-17(10-14(11)16(2)3)9-12-5-4-6-13(15)7-12/h4-7,11,14H,8-10,15H2,1-3H3. The van der Waals surface area contributed by atoms with E-state index in [-0.39, 0.29) is 0 Å². The molecule has 0 radical (unpaired) electrons. The van der Waals surface area contributed by atoms with Gasteiger partial charge in [0, 0.05) is 31.4 Å². The minimum atomic E-state index is 0.677. The average Bonchev–Trinajstić information content (AvgIpc) is 2.59. The first kappa shape index (κ1) is 12.4. The van der Waals surface area contributed by atoms with Gasteiger partial charge >= 0.3 is 0 Å². The largest absolute Gasteiger partial charge is 0.399 e. The number of nitrogens with zero attached hydrogens (tertiary/aromatic N) is 2. The molecule has 1 aliphatic rings. The molecule has 2 N–H and O–H groups in total. The fourth-order valence-corrected chi connectivity index (χ4v) is 2.80. The van der Waals surface area contributed by atoms with E-state index in [1.165, 1.54) is 12.1 Å². The number of rotatable bonds is 3. The summed E-state index contributed by atoms with van der Waals surface area (Å²) in [5, 5.41) is 0. The predicted octanol–water partition coefficient (Wildman–Crippen LogP) is 1.65. The third-order valence-electron chi connectivity index (χ3n) is 3.67. The van der Waals surface area contributed by atoms with Gasteiger partial charge in [-0.3, -0.25) is 4.90 Å². The highest BCUT2D eigenvalue weighted by Crippen LogP contribution is 2.22. The van der Waals surface area contributed by atoms with Crippen molar-refractivity contribution in [2.24, 2.45) is 5.92 Å². The van der Waals surface area contributed by atoms with Gasteiger partial charge in [-0.25, -0.2) is 0 Å². The van der Waals surface area contributed by atoms with Crippen LogP contribution in [0.5, 0.6) is 0 Å². The highest BCUT2D eigenvalue weighted by Gasteiger charge is 2.30. The Morgan fingerprint density at radius 3 is 2.71 bits per heavy atom. The molecule has 2 unspecified atom stereocenters. The minimum absolute atomic E-state index is 0.677. The van der Waals surface area contributed by atoms with Gasteiger partial charge in [0.1, 0.15) is 0 Å². The van der Waals surface area contributed by atoms with E-state index in [0.29, 0.717) is 6.04 Å². The molecule has 0 spiro atoms. The Morgan fingerprint density at radius 2 is 2.12 bits per heavy atom. The Labute approximate surface area is 104 Å². The Morgan fingerprint density at radius 1 is 1.35 bits per heavy atom. The van der Waals surface area contributed by atoms with Gasteiger partial charge in [-0.1, -0.05) is 19.1 Å². The van der Waals surface area contributed by atoms with E-state index in [1.807, 2.05) is 12.1 Å². The second kappa shape index (κ2) is 5.07. The van der Waals surface area contributed by atoms with Gasteiger partial charge in [-0.05, 0) is 37.7 Å². The molecule has 0 aliphatic carbocycles. The maximum atomic E-state index is 5.81. The molecule has 3 nitrogen and oxygen atoms in total. The van der Waals surface area contributed by atoms with Crippen molar-refractivity contribution in [1.29, 1.82) is 0 Å². The highest BCUT2D eigenvalue weighted by molar-refractivity contribution is 5.40. The van der Waals surface area contributed by atoms with E-state index in [2.05, 4.69) is 43.0 Å². The van der Waals surface area contributed by atoms with Crippen LogP contribution in [-0.2, 0) is 6.54 Å². The monoisotopic (exact) mass is 233 g/mol. The van der Waals surface area contributed by atoms with Crippen LogP contribution in [0.15, 0.2) is 24.3 Å². The van der Waals surface area contributed by atoms with Gasteiger partial charge in [-0.2, -0.15) is 0 Å². The summed E-state index contributed by atoms with van der Waals surface area (Å²) in [6, 6.07) is 8.89. The number of likely N-dealkylation sites (N-methyl/N-ethyl adjacent to an activating group) is 1. The molecule has 1 aliphatic heterocycles. The van der Waals surface area contributed by atoms with Crippen molar-refractivity contribution in [2.75, 3.05) is 32.9 Å². The van der Waals surface area contributed by atoms with Gasteiger partial charge in [-0.15, -0.1) is 0 Å². The quantitative estimate of drug-likeness (QED) is 0.806. The van der Waals surface area contributed by atoms with Crippen LogP contribution in [0.3, 0.4) is 0 Å². The summed E-state index contributed by atoms with van der Waals surface area (Å²) in [4.78, 5) is 4.86. The number of likely N-dealkylation sites (tertiary alicyclic amines) is 1. The highest BCUT2D eigenvalue weighted by atomic mass is 15.2. The van der Waals surface area contributed by atoms with Gasteiger partial charge in [0.15, 0.2) is 0 Å². The van der Waals surface area contributed by atoms with E-state index >= 15 is 0 Å². The SMILES string of the molecule is CC1CN(Cc2cccc(N)c2)CC1N(C)C. The number of nitrogens with two attached hydrogens (primary N) is 1. The van der Waals surface area contributed by atoms with Crippen LogP contribution in [0.4, 0.5) is 5.69 Å². The lowest BCUT2D eigenvalue weighted by atomic mass is 10.1. The van der Waals surface area contributed by atoms with Crippen LogP contribution in [-0.4, -0.2) is 43.0 Å². The Kier molecular flexibility index (Phi) is 3.69. The first-order chi connectivity index (χ1) is 8.06. The topological polar surface area (TPSA) is 32.5 Å². The van der Waals surface area contributed by atoms with Crippen LogP contribution in [0.25, 0.3) is 0 Å². The van der Waals surface area contributed by atoms with E-state index in [1.54, 1.807) is 0 Å². The summed E-state index contributed by atoms with van der Waals surface area (Å²) >= 11 is 0. The molecule has 0 bridgehead atoms. The fourth-order valence-electron chi connectivity index (χ4n) is 2.80. The summed E-state index contributed by atoms with van der Waals surface area (Å²) in [5.74, 6) is 0.742. The number of nitrogen functional groups attached to an aromatic ring is 1. The average molecular weight is 233 g/mol. The van der Waals surface area contributed by atoms with Crippen molar-refractivity contribution < 1.29 is 0 Å². The van der Waals surface area contributed by atoms with Crippen molar-refractivity contribution in [2.45, 2.75) is 19.5 Å². The first-order valence-electron chi connectivity index (χ1n) is 6.29. The van der Waals surface area contributed by atoms with Crippen LogP contribution in [0, 0.1) is 5.92 Å². The van der Waals surface area contributed by atoms with Crippen molar-refractivity contribution in [3.63, 3.8) is 0 Å². The molecule has 0 saturated carbocycles. The molecule has 1 aromatic rings. The zero-order chi connectivity index (χ0) is 12.4. The van der Waals surface area contributed by atoms with Gasteiger partial charge in [0.25, 0.3) is 0 Å². The zero-order valence-electron chi connectivity index (χ0n) is 11.1. The predicted molar refractivity (Wildman–Crippen MR) is 72.8 cm³/mol. The van der Waals surface area contributed by atoms with Gasteiger partial charge < -0.3 is 10.6 Å². The number of benzene rings is 1. The lowest BCUT2D eigenvalue weighted by Crippen LogP contribution is -2.34. The minimum Gasteiger partial charge on any atom is -0.399 e. The third kappa shape index (κ3) is 2.99. The number of hydrogen-bond acceptors (Lipinski definition) is 3. The zero-order valence-corrected chi connectivity index (χ0v) is 11.1. The maximum Gasteiger partial charge on any atom is 0.0317 e. The molecular formula is C14H23N3. The summed E-state index contributed by atoms with van der Waals surface area (Å²) in [6.07, 6.45) is 0. The first-order valence-corrected chi connectivity index (χ1v) is 6.29. The molecule has 2 rings (SSSR count). The third-order valence-corrected chi connectivity index (χ3v) is 3.67. The lowest BCUT2D eigenvalue weighted by molar-refractivity contribution is 0.250. The van der Waals surface area contributed by atoms with E-state index < -0.39 is 0 Å². The van der Waals surface area contributed by atoms with Crippen LogP contribution >= 0.6 is 0 Å². The molecule has 1 saturated heterocycles. The lowest BCUT2D eigenvalue weighted by Gasteiger charge is -2.22. The number of hydrogen-bond donors (Lipinski definition) is 1. The second-order valence-corrected chi connectivity index (χ2v) is 5.45. The summed E-state index contributed by atoms with van der Waals surface area (Å²) in [6.45, 7) is 5.68. The molecule has 17 heavy (non-hydrogen) atoms. The summed E-state index contributed by atoms with van der Waals surface area (Å²) in [5.41, 5.74) is 7.99. The van der Waals surface area contributed by atoms with E-state index in [0.717, 1.165) is 24.7 Å². The Bertz CT molecular complexity index is 375. The Balaban J connectivity index is 1.97. The van der Waals surface area contributed by atoms with Crippen molar-refractivity contribution >= 4 is 5.69 Å². The van der Waals surface area contributed by atoms with Crippen molar-refractivity contribution in [1.82, 2.24) is 9.80 Å². The molecule has 1 heterocycles. The van der Waals surface area contributed by atoms with Crippen LogP contribution < -0.4 is 5.73 Å². The molecular weight excluding hydrogens is 210 g/mol. The second-order valence-electron chi connectivity index (χ2n) is 5.45. The summed E-state index contributed by atoms with van der Waals surface area (Å²) < 4.78 is 0. The molecule has 1 fully saturated rings. The van der Waals surface area contributed by atoms with Crippen molar-refractivity contribution in [3.8, 4) is 0 Å². The number of anilines is 1. The fraction of sp³-hybridized carbons (Fsp3) is 0.571. The van der Waals surface area contributed by atoms with E-state index in [4.69, 9.17) is 5.73 Å². The van der Waals surface area contributed by atoms with E-state index in [9.17, 15) is 0 Å².